The number of rotatable bonds is 3. The zero-order valence-corrected chi connectivity index (χ0v) is 11.2. The molecule has 0 amide bonds. The topological polar surface area (TPSA) is 71.7 Å². The molecule has 2 heterocycles. The number of hydrogen-bond acceptors (Lipinski definition) is 4. The summed E-state index contributed by atoms with van der Waals surface area (Å²) in [6.45, 7) is 0.729. The molecule has 2 N–H and O–H groups in total. The smallest absolute Gasteiger partial charge is 0.354 e. The minimum Gasteiger partial charge on any atom is -0.464 e. The summed E-state index contributed by atoms with van der Waals surface area (Å²) in [6.07, 6.45) is 3.45. The third-order valence-electron chi connectivity index (χ3n) is 3.38. The van der Waals surface area contributed by atoms with Gasteiger partial charge in [-0.2, -0.15) is 10.6 Å². The molecule has 0 atom stereocenters. The van der Waals surface area contributed by atoms with Gasteiger partial charge in [0.2, 0.25) is 0 Å². The van der Waals surface area contributed by atoms with Crippen molar-refractivity contribution in [1.82, 2.24) is 4.57 Å². The fourth-order valence-corrected chi connectivity index (χ4v) is 3.91. The molecule has 0 aromatic carbocycles. The number of carbonyl (C=O) groups excluding carboxylic acids is 1. The van der Waals surface area contributed by atoms with Crippen molar-refractivity contribution in [2.45, 2.75) is 19.4 Å². The lowest BCUT2D eigenvalue weighted by molar-refractivity contribution is 0.0587. The first-order valence-electron chi connectivity index (χ1n) is 5.99. The number of aromatic nitrogens is 1. The van der Waals surface area contributed by atoms with Crippen molar-refractivity contribution in [2.24, 2.45) is 5.92 Å². The van der Waals surface area contributed by atoms with Crippen molar-refractivity contribution < 1.29 is 18.6 Å². The van der Waals surface area contributed by atoms with E-state index in [1.54, 1.807) is 6.07 Å². The molecule has 0 aliphatic carbocycles. The van der Waals surface area contributed by atoms with Gasteiger partial charge in [0.15, 0.2) is 0 Å². The second-order valence-corrected chi connectivity index (χ2v) is 7.11. The molecule has 0 spiro atoms. The highest BCUT2D eigenvalue weighted by atomic mass is 32.3. The van der Waals surface area contributed by atoms with Crippen molar-refractivity contribution in [3.63, 3.8) is 0 Å². The second kappa shape index (κ2) is 5.34. The van der Waals surface area contributed by atoms with Crippen LogP contribution in [0.4, 0.5) is 0 Å². The molecule has 1 aliphatic rings. The highest BCUT2D eigenvalue weighted by molar-refractivity contribution is 8.24. The Bertz CT molecular complexity index is 419. The zero-order valence-electron chi connectivity index (χ0n) is 10.4. The number of carbonyl (C=O) groups is 1. The summed E-state index contributed by atoms with van der Waals surface area (Å²) in [5.74, 6) is 1.01. The summed E-state index contributed by atoms with van der Waals surface area (Å²) < 4.78 is 25.7. The van der Waals surface area contributed by atoms with Gasteiger partial charge in [-0.3, -0.25) is 9.11 Å². The number of ether oxygens (including phenoxy) is 1. The van der Waals surface area contributed by atoms with Gasteiger partial charge in [0.1, 0.15) is 5.69 Å². The predicted molar refractivity (Wildman–Crippen MR) is 71.1 cm³/mol. The largest absolute Gasteiger partial charge is 0.464 e. The molecule has 0 radical (unpaired) electrons. The number of nitrogens with zero attached hydrogens (tertiary/aromatic N) is 1. The molecule has 5 nitrogen and oxygen atoms in total. The van der Waals surface area contributed by atoms with Crippen molar-refractivity contribution >= 4 is 16.6 Å². The van der Waals surface area contributed by atoms with Crippen LogP contribution in [0.3, 0.4) is 0 Å². The van der Waals surface area contributed by atoms with E-state index in [2.05, 4.69) is 0 Å². The molecule has 0 unspecified atom stereocenters. The van der Waals surface area contributed by atoms with E-state index in [1.807, 2.05) is 16.8 Å². The van der Waals surface area contributed by atoms with E-state index in [0.717, 1.165) is 19.4 Å². The van der Waals surface area contributed by atoms with Crippen molar-refractivity contribution in [3.8, 4) is 0 Å². The van der Waals surface area contributed by atoms with Crippen molar-refractivity contribution in [3.05, 3.63) is 24.0 Å². The maximum Gasteiger partial charge on any atom is 0.354 e. The molecule has 18 heavy (non-hydrogen) atoms. The first-order valence-corrected chi connectivity index (χ1v) is 7.87. The normalized spacial score (nSPS) is 21.5. The fourth-order valence-electron chi connectivity index (χ4n) is 2.28. The van der Waals surface area contributed by atoms with Gasteiger partial charge in [-0.15, -0.1) is 0 Å². The van der Waals surface area contributed by atoms with Gasteiger partial charge in [-0.25, -0.2) is 4.79 Å². The zero-order chi connectivity index (χ0) is 13.2. The van der Waals surface area contributed by atoms with Gasteiger partial charge in [0, 0.05) is 24.2 Å². The summed E-state index contributed by atoms with van der Waals surface area (Å²) in [7, 11) is -0.956. The molecule has 1 aromatic heterocycles. The third-order valence-corrected chi connectivity index (χ3v) is 5.16. The minimum absolute atomic E-state index is 0.333. The average molecular weight is 273 g/mol. The molecule has 0 saturated carbocycles. The summed E-state index contributed by atoms with van der Waals surface area (Å²) in [4.78, 5) is 11.5. The SMILES string of the molecule is COC(=O)c1cccn1CC1CCS(O)(O)CC1. The van der Waals surface area contributed by atoms with Gasteiger partial charge in [0.25, 0.3) is 0 Å². The molecule has 102 valence electrons. The summed E-state index contributed by atoms with van der Waals surface area (Å²) in [5, 5.41) is 0. The Morgan fingerprint density at radius 3 is 2.78 bits per heavy atom. The molecule has 2 rings (SSSR count). The van der Waals surface area contributed by atoms with Crippen LogP contribution in [0.5, 0.6) is 0 Å². The van der Waals surface area contributed by atoms with Crippen LogP contribution in [0.15, 0.2) is 18.3 Å². The van der Waals surface area contributed by atoms with E-state index < -0.39 is 10.6 Å². The standard InChI is InChI=1S/C12H19NO4S/c1-17-12(14)11-3-2-6-13(11)9-10-4-7-18(15,16)8-5-10/h2-3,6,10,15-16H,4-5,7-9H2,1H3. The van der Waals surface area contributed by atoms with Crippen LogP contribution in [0, 0.1) is 5.92 Å². The Kier molecular flexibility index (Phi) is 3.99. The molecule has 6 heteroatoms. The van der Waals surface area contributed by atoms with Gasteiger partial charge in [0.05, 0.1) is 7.11 Å². The van der Waals surface area contributed by atoms with E-state index in [9.17, 15) is 13.9 Å². The predicted octanol–water partition coefficient (Wildman–Crippen LogP) is 2.44. The van der Waals surface area contributed by atoms with Crippen LogP contribution in [0.2, 0.25) is 0 Å². The molecule has 1 fully saturated rings. The molecular formula is C12H19NO4S. The summed E-state index contributed by atoms with van der Waals surface area (Å²) >= 11 is 0. The first kappa shape index (κ1) is 13.5. The maximum absolute atomic E-state index is 11.5. The van der Waals surface area contributed by atoms with Gasteiger partial charge in [-0.05, 0) is 30.9 Å². The van der Waals surface area contributed by atoms with Gasteiger partial charge >= 0.3 is 5.97 Å². The van der Waals surface area contributed by atoms with Crippen molar-refractivity contribution in [1.29, 1.82) is 0 Å². The Morgan fingerprint density at radius 2 is 2.17 bits per heavy atom. The average Bonchev–Trinajstić information content (AvgIpc) is 2.79. The molecule has 1 aromatic rings. The monoisotopic (exact) mass is 273 g/mol. The van der Waals surface area contributed by atoms with E-state index >= 15 is 0 Å². The van der Waals surface area contributed by atoms with Gasteiger partial charge < -0.3 is 9.30 Å². The molecule has 0 bridgehead atoms. The Balaban J connectivity index is 1.98. The first-order chi connectivity index (χ1) is 8.52. The lowest BCUT2D eigenvalue weighted by Gasteiger charge is -2.39. The van der Waals surface area contributed by atoms with Crippen LogP contribution in [0.25, 0.3) is 0 Å². The minimum atomic E-state index is -2.33. The van der Waals surface area contributed by atoms with Crippen LogP contribution in [-0.4, -0.2) is 38.3 Å². The molecule has 1 aliphatic heterocycles. The maximum atomic E-state index is 11.5. The third kappa shape index (κ3) is 3.07. The number of hydrogen-bond donors (Lipinski definition) is 2. The van der Waals surface area contributed by atoms with E-state index in [1.165, 1.54) is 7.11 Å². The Labute approximate surface area is 108 Å². The quantitative estimate of drug-likeness (QED) is 0.830. The van der Waals surface area contributed by atoms with Crippen LogP contribution in [0.1, 0.15) is 23.3 Å². The van der Waals surface area contributed by atoms with E-state index in [0.29, 0.717) is 23.1 Å². The lowest BCUT2D eigenvalue weighted by Crippen LogP contribution is -2.24. The van der Waals surface area contributed by atoms with Gasteiger partial charge in [-0.1, -0.05) is 0 Å². The van der Waals surface area contributed by atoms with Crippen LogP contribution >= 0.6 is 10.6 Å². The molecular weight excluding hydrogens is 254 g/mol. The van der Waals surface area contributed by atoms with E-state index in [4.69, 9.17) is 4.74 Å². The summed E-state index contributed by atoms with van der Waals surface area (Å²) in [6, 6.07) is 3.56. The highest BCUT2D eigenvalue weighted by Crippen LogP contribution is 2.45. The van der Waals surface area contributed by atoms with Crippen LogP contribution < -0.4 is 0 Å². The van der Waals surface area contributed by atoms with Crippen molar-refractivity contribution in [2.75, 3.05) is 18.6 Å². The Hall–Kier alpha value is -0.980. The summed E-state index contributed by atoms with van der Waals surface area (Å²) in [5.41, 5.74) is 0.551. The molecule has 1 saturated heterocycles. The number of methoxy groups -OCH3 is 1. The second-order valence-electron chi connectivity index (χ2n) is 4.69. The number of esters is 1. The van der Waals surface area contributed by atoms with E-state index in [-0.39, 0.29) is 5.97 Å². The fraction of sp³-hybridized carbons (Fsp3) is 0.583. The van der Waals surface area contributed by atoms with Crippen LogP contribution in [-0.2, 0) is 11.3 Å². The highest BCUT2D eigenvalue weighted by Gasteiger charge is 2.25. The Morgan fingerprint density at radius 1 is 1.50 bits per heavy atom. The lowest BCUT2D eigenvalue weighted by atomic mass is 10.0.